The van der Waals surface area contributed by atoms with Gasteiger partial charge in [0.1, 0.15) is 10.7 Å². The molecule has 4 nitrogen and oxygen atoms in total. The van der Waals surface area contributed by atoms with Crippen molar-refractivity contribution in [1.82, 2.24) is 4.31 Å². The Morgan fingerprint density at radius 3 is 2.37 bits per heavy atom. The van der Waals surface area contributed by atoms with E-state index in [1.807, 2.05) is 13.8 Å². The highest BCUT2D eigenvalue weighted by Crippen LogP contribution is 2.23. The first kappa shape index (κ1) is 16.1. The lowest BCUT2D eigenvalue weighted by Crippen LogP contribution is -2.42. The molecule has 0 amide bonds. The van der Waals surface area contributed by atoms with Gasteiger partial charge in [0.25, 0.3) is 0 Å². The van der Waals surface area contributed by atoms with Gasteiger partial charge in [0, 0.05) is 13.1 Å². The number of rotatable bonds is 6. The lowest BCUT2D eigenvalue weighted by Gasteiger charge is -2.30. The largest absolute Gasteiger partial charge is 0.330 e. The van der Waals surface area contributed by atoms with Crippen molar-refractivity contribution in [3.05, 3.63) is 30.1 Å². The van der Waals surface area contributed by atoms with Gasteiger partial charge in [0.15, 0.2) is 0 Å². The van der Waals surface area contributed by atoms with Gasteiger partial charge < -0.3 is 5.73 Å². The molecular formula is C13H21FN2O2S. The number of nitrogens with two attached hydrogens (primary N) is 1. The molecule has 1 rings (SSSR count). The predicted octanol–water partition coefficient (Wildman–Crippen LogP) is 1.82. The molecular weight excluding hydrogens is 267 g/mol. The second-order valence-electron chi connectivity index (χ2n) is 5.23. The zero-order chi connectivity index (χ0) is 14.7. The van der Waals surface area contributed by atoms with Gasteiger partial charge >= 0.3 is 0 Å². The van der Waals surface area contributed by atoms with E-state index in [2.05, 4.69) is 0 Å². The molecule has 1 aromatic carbocycles. The highest BCUT2D eigenvalue weighted by Gasteiger charge is 2.30. The van der Waals surface area contributed by atoms with Gasteiger partial charge in [-0.25, -0.2) is 12.8 Å². The molecule has 0 saturated carbocycles. The molecule has 0 aromatic heterocycles. The van der Waals surface area contributed by atoms with Gasteiger partial charge in [-0.15, -0.1) is 0 Å². The maximum atomic E-state index is 13.7. The van der Waals surface area contributed by atoms with E-state index in [1.54, 1.807) is 6.92 Å². The summed E-state index contributed by atoms with van der Waals surface area (Å²) in [5.41, 5.74) is 5.27. The van der Waals surface area contributed by atoms with Crippen LogP contribution >= 0.6 is 0 Å². The summed E-state index contributed by atoms with van der Waals surface area (Å²) in [6.07, 6.45) is 0. The van der Waals surface area contributed by atoms with Crippen LogP contribution in [0.4, 0.5) is 4.39 Å². The lowest BCUT2D eigenvalue weighted by molar-refractivity contribution is 0.272. The van der Waals surface area contributed by atoms with Gasteiger partial charge in [0.2, 0.25) is 10.0 Å². The normalized spacial score (nSPS) is 12.9. The van der Waals surface area contributed by atoms with Crippen LogP contribution in [0.15, 0.2) is 29.2 Å². The Balaban J connectivity index is 3.14. The van der Waals surface area contributed by atoms with Gasteiger partial charge in [-0.2, -0.15) is 4.31 Å². The molecule has 6 heteroatoms. The highest BCUT2D eigenvalue weighted by atomic mass is 32.2. The zero-order valence-electron chi connectivity index (χ0n) is 11.6. The van der Waals surface area contributed by atoms with Crippen molar-refractivity contribution in [3.63, 3.8) is 0 Å². The maximum Gasteiger partial charge on any atom is 0.245 e. The number of hydrogen-bond donors (Lipinski definition) is 1. The average Bonchev–Trinajstić information content (AvgIpc) is 2.36. The summed E-state index contributed by atoms with van der Waals surface area (Å²) >= 11 is 0. The van der Waals surface area contributed by atoms with Crippen LogP contribution in [0.25, 0.3) is 0 Å². The van der Waals surface area contributed by atoms with Crippen LogP contribution < -0.4 is 5.73 Å². The average molecular weight is 288 g/mol. The molecule has 0 aliphatic heterocycles. The van der Waals surface area contributed by atoms with E-state index in [0.29, 0.717) is 6.54 Å². The molecule has 0 fully saturated rings. The number of halogens is 1. The second-order valence-corrected chi connectivity index (χ2v) is 7.14. The van der Waals surface area contributed by atoms with Crippen LogP contribution in [0.2, 0.25) is 0 Å². The van der Waals surface area contributed by atoms with E-state index in [-0.39, 0.29) is 23.4 Å². The molecule has 1 aromatic rings. The van der Waals surface area contributed by atoms with Crippen LogP contribution in [0.3, 0.4) is 0 Å². The SMILES string of the molecule is CCN(CC(C)(C)CN)S(=O)(=O)c1ccccc1F. The van der Waals surface area contributed by atoms with Crippen molar-refractivity contribution in [1.29, 1.82) is 0 Å². The van der Waals surface area contributed by atoms with E-state index in [9.17, 15) is 12.8 Å². The first-order valence-electron chi connectivity index (χ1n) is 6.19. The molecule has 0 atom stereocenters. The van der Waals surface area contributed by atoms with E-state index < -0.39 is 15.8 Å². The molecule has 108 valence electrons. The van der Waals surface area contributed by atoms with Crippen molar-refractivity contribution in [3.8, 4) is 0 Å². The topological polar surface area (TPSA) is 63.4 Å². The third kappa shape index (κ3) is 3.75. The molecule has 0 saturated heterocycles. The second kappa shape index (κ2) is 5.98. The van der Waals surface area contributed by atoms with Crippen LogP contribution in [-0.4, -0.2) is 32.4 Å². The number of hydrogen-bond acceptors (Lipinski definition) is 3. The summed E-state index contributed by atoms with van der Waals surface area (Å²) in [4.78, 5) is -0.287. The van der Waals surface area contributed by atoms with E-state index in [4.69, 9.17) is 5.73 Å². The fourth-order valence-corrected chi connectivity index (χ4v) is 3.40. The smallest absolute Gasteiger partial charge is 0.245 e. The van der Waals surface area contributed by atoms with Gasteiger partial charge in [0.05, 0.1) is 0 Å². The fraction of sp³-hybridized carbons (Fsp3) is 0.538. The first-order chi connectivity index (χ1) is 8.74. The van der Waals surface area contributed by atoms with E-state index >= 15 is 0 Å². The monoisotopic (exact) mass is 288 g/mol. The third-order valence-electron chi connectivity index (χ3n) is 2.96. The van der Waals surface area contributed by atoms with Gasteiger partial charge in [-0.3, -0.25) is 0 Å². The minimum Gasteiger partial charge on any atom is -0.330 e. The maximum absolute atomic E-state index is 13.7. The van der Waals surface area contributed by atoms with Crippen molar-refractivity contribution in [2.24, 2.45) is 11.1 Å². The Kier molecular flexibility index (Phi) is 5.06. The number of nitrogens with zero attached hydrogens (tertiary/aromatic N) is 1. The van der Waals surface area contributed by atoms with E-state index in [1.165, 1.54) is 22.5 Å². The lowest BCUT2D eigenvalue weighted by atomic mass is 9.94. The fourth-order valence-electron chi connectivity index (χ4n) is 1.70. The van der Waals surface area contributed by atoms with Crippen molar-refractivity contribution >= 4 is 10.0 Å². The summed E-state index contributed by atoms with van der Waals surface area (Å²) < 4.78 is 39.8. The Morgan fingerprint density at radius 2 is 1.89 bits per heavy atom. The summed E-state index contributed by atoms with van der Waals surface area (Å²) in [5, 5.41) is 0. The van der Waals surface area contributed by atoms with Crippen LogP contribution in [0.1, 0.15) is 20.8 Å². The minimum atomic E-state index is -3.82. The van der Waals surface area contributed by atoms with Crippen molar-refractivity contribution in [2.75, 3.05) is 19.6 Å². The summed E-state index contributed by atoms with van der Waals surface area (Å²) in [7, 11) is -3.82. The molecule has 2 N–H and O–H groups in total. The molecule has 0 bridgehead atoms. The quantitative estimate of drug-likeness (QED) is 0.868. The number of benzene rings is 1. The Morgan fingerprint density at radius 1 is 1.32 bits per heavy atom. The van der Waals surface area contributed by atoms with E-state index in [0.717, 1.165) is 6.07 Å². The van der Waals surface area contributed by atoms with Crippen LogP contribution in [0.5, 0.6) is 0 Å². The molecule has 0 radical (unpaired) electrons. The Hall–Kier alpha value is -0.980. The molecule has 0 spiro atoms. The van der Waals surface area contributed by atoms with Crippen molar-refractivity contribution < 1.29 is 12.8 Å². The number of sulfonamides is 1. The highest BCUT2D eigenvalue weighted by molar-refractivity contribution is 7.89. The molecule has 0 heterocycles. The van der Waals surface area contributed by atoms with Crippen LogP contribution in [0, 0.1) is 11.2 Å². The first-order valence-corrected chi connectivity index (χ1v) is 7.63. The van der Waals surface area contributed by atoms with Crippen molar-refractivity contribution in [2.45, 2.75) is 25.7 Å². The molecule has 19 heavy (non-hydrogen) atoms. The standard InChI is InChI=1S/C13H21FN2O2S/c1-4-16(10-13(2,3)9-15)19(17,18)12-8-6-5-7-11(12)14/h5-8H,4,9-10,15H2,1-3H3. The van der Waals surface area contributed by atoms with Gasteiger partial charge in [-0.1, -0.05) is 32.9 Å². The molecule has 0 aliphatic rings. The Bertz CT molecular complexity index is 529. The summed E-state index contributed by atoms with van der Waals surface area (Å²) in [6, 6.07) is 5.41. The Labute approximate surface area is 114 Å². The molecule has 0 unspecified atom stereocenters. The zero-order valence-corrected chi connectivity index (χ0v) is 12.4. The molecule has 0 aliphatic carbocycles. The summed E-state index contributed by atoms with van der Waals surface area (Å²) in [5.74, 6) is -0.730. The van der Waals surface area contributed by atoms with Gasteiger partial charge in [-0.05, 0) is 24.1 Å². The summed E-state index contributed by atoms with van der Waals surface area (Å²) in [6.45, 7) is 6.39. The third-order valence-corrected chi connectivity index (χ3v) is 4.92. The van der Waals surface area contributed by atoms with Crippen LogP contribution in [-0.2, 0) is 10.0 Å². The predicted molar refractivity (Wildman–Crippen MR) is 73.7 cm³/mol. The minimum absolute atomic E-state index is 0.261.